The van der Waals surface area contributed by atoms with Crippen LogP contribution in [0.25, 0.3) is 0 Å². The van der Waals surface area contributed by atoms with Crippen LogP contribution in [0.2, 0.25) is 0 Å². The molecule has 0 bridgehead atoms. The quantitative estimate of drug-likeness (QED) is 0.919. The lowest BCUT2D eigenvalue weighted by Crippen LogP contribution is -2.45. The van der Waals surface area contributed by atoms with Crippen LogP contribution in [-0.2, 0) is 16.0 Å². The fraction of sp³-hybridized carbons (Fsp3) is 0.800. The summed E-state index contributed by atoms with van der Waals surface area (Å²) in [5.74, 6) is 0.254. The van der Waals surface area contributed by atoms with Gasteiger partial charge in [-0.1, -0.05) is 0 Å². The fourth-order valence-corrected chi connectivity index (χ4v) is 3.51. The second-order valence-corrected chi connectivity index (χ2v) is 5.95. The van der Waals surface area contributed by atoms with Gasteiger partial charge < -0.3 is 19.1 Å². The van der Waals surface area contributed by atoms with Crippen LogP contribution in [0.5, 0.6) is 0 Å². The number of aliphatic hydroxyl groups is 1. The maximum absolute atomic E-state index is 10.7. The predicted molar refractivity (Wildman–Crippen MR) is 74.3 cm³/mol. The van der Waals surface area contributed by atoms with Crippen molar-refractivity contribution in [2.24, 2.45) is 5.92 Å². The monoisotopic (exact) mass is 280 g/mol. The highest BCUT2D eigenvalue weighted by molar-refractivity contribution is 5.06. The molecule has 2 atom stereocenters. The summed E-state index contributed by atoms with van der Waals surface area (Å²) in [7, 11) is 0. The highest BCUT2D eigenvalue weighted by Crippen LogP contribution is 2.41. The van der Waals surface area contributed by atoms with Gasteiger partial charge in [0.15, 0.2) is 0 Å². The normalized spacial score (nSPS) is 27.6. The first-order valence-electron chi connectivity index (χ1n) is 7.64. The number of hydrogen-bond donors (Lipinski definition) is 1. The zero-order valence-electron chi connectivity index (χ0n) is 12.1. The summed E-state index contributed by atoms with van der Waals surface area (Å²) in [6.45, 7) is 5.20. The fourth-order valence-electron chi connectivity index (χ4n) is 3.51. The van der Waals surface area contributed by atoms with Gasteiger partial charge in [0.25, 0.3) is 0 Å². The highest BCUT2D eigenvalue weighted by atomic mass is 16.5. The second-order valence-electron chi connectivity index (χ2n) is 5.95. The Morgan fingerprint density at radius 1 is 1.45 bits per heavy atom. The zero-order chi connectivity index (χ0) is 14.0. The van der Waals surface area contributed by atoms with Crippen LogP contribution in [0, 0.1) is 5.92 Å². The summed E-state index contributed by atoms with van der Waals surface area (Å²) < 4.78 is 13.5. The predicted octanol–water partition coefficient (Wildman–Crippen LogP) is 1.91. The molecule has 0 aromatic carbocycles. The number of imidazole rings is 1. The lowest BCUT2D eigenvalue weighted by molar-refractivity contribution is -0.159. The van der Waals surface area contributed by atoms with E-state index in [0.29, 0.717) is 0 Å². The molecule has 2 aliphatic heterocycles. The molecule has 5 nitrogen and oxygen atoms in total. The van der Waals surface area contributed by atoms with Crippen molar-refractivity contribution in [1.29, 1.82) is 0 Å². The van der Waals surface area contributed by atoms with Crippen LogP contribution in [-0.4, -0.2) is 40.1 Å². The Morgan fingerprint density at radius 3 is 3.00 bits per heavy atom. The molecule has 5 heteroatoms. The van der Waals surface area contributed by atoms with E-state index in [-0.39, 0.29) is 11.5 Å². The topological polar surface area (TPSA) is 56.5 Å². The SMILES string of the molecule is CCn1cncc1C(O)C1CCOC2(CCOCC2)C1. The van der Waals surface area contributed by atoms with Crippen LogP contribution in [0.15, 0.2) is 12.5 Å². The minimum atomic E-state index is -0.443. The molecule has 2 unspecified atom stereocenters. The van der Waals surface area contributed by atoms with Crippen molar-refractivity contribution in [3.05, 3.63) is 18.2 Å². The summed E-state index contributed by atoms with van der Waals surface area (Å²) in [5, 5.41) is 10.7. The number of aromatic nitrogens is 2. The van der Waals surface area contributed by atoms with E-state index in [1.54, 1.807) is 12.5 Å². The number of aryl methyl sites for hydroxylation is 1. The summed E-state index contributed by atoms with van der Waals surface area (Å²) in [5.41, 5.74) is 0.862. The molecule has 3 rings (SSSR count). The number of hydrogen-bond acceptors (Lipinski definition) is 4. The first-order valence-corrected chi connectivity index (χ1v) is 7.64. The van der Waals surface area contributed by atoms with Crippen molar-refractivity contribution in [3.8, 4) is 0 Å². The molecule has 1 spiro atoms. The molecule has 0 amide bonds. The maximum Gasteiger partial charge on any atom is 0.0985 e. The highest BCUT2D eigenvalue weighted by Gasteiger charge is 2.41. The Bertz CT molecular complexity index is 435. The average Bonchev–Trinajstić information content (AvgIpc) is 2.96. The van der Waals surface area contributed by atoms with E-state index in [9.17, 15) is 5.11 Å². The molecular weight excluding hydrogens is 256 g/mol. The molecule has 2 aliphatic rings. The molecule has 1 N–H and O–H groups in total. The largest absolute Gasteiger partial charge is 0.387 e. The Balaban J connectivity index is 1.73. The Morgan fingerprint density at radius 2 is 2.25 bits per heavy atom. The molecule has 0 saturated carbocycles. The van der Waals surface area contributed by atoms with E-state index in [1.807, 2.05) is 4.57 Å². The van der Waals surface area contributed by atoms with Crippen LogP contribution in [0.3, 0.4) is 0 Å². The molecule has 2 saturated heterocycles. The molecule has 1 aromatic rings. The van der Waals surface area contributed by atoms with Gasteiger partial charge in [0.2, 0.25) is 0 Å². The van der Waals surface area contributed by atoms with Gasteiger partial charge in [-0.3, -0.25) is 0 Å². The van der Waals surface area contributed by atoms with Crippen LogP contribution in [0.1, 0.15) is 44.4 Å². The van der Waals surface area contributed by atoms with Gasteiger partial charge in [0, 0.05) is 26.4 Å². The number of ether oxygens (including phenoxy) is 2. The number of rotatable bonds is 3. The molecule has 20 heavy (non-hydrogen) atoms. The van der Waals surface area contributed by atoms with E-state index in [0.717, 1.165) is 57.7 Å². The van der Waals surface area contributed by atoms with Gasteiger partial charge in [-0.05, 0) is 38.5 Å². The van der Waals surface area contributed by atoms with Gasteiger partial charge >= 0.3 is 0 Å². The third-order valence-corrected chi connectivity index (χ3v) is 4.77. The molecule has 112 valence electrons. The van der Waals surface area contributed by atoms with Crippen molar-refractivity contribution >= 4 is 0 Å². The average molecular weight is 280 g/mol. The van der Waals surface area contributed by atoms with Gasteiger partial charge in [0.1, 0.15) is 0 Å². The van der Waals surface area contributed by atoms with E-state index < -0.39 is 6.10 Å². The first-order chi connectivity index (χ1) is 9.74. The van der Waals surface area contributed by atoms with Gasteiger partial charge in [-0.2, -0.15) is 0 Å². The lowest BCUT2D eigenvalue weighted by Gasteiger charge is -2.44. The lowest BCUT2D eigenvalue weighted by atomic mass is 9.78. The Hall–Kier alpha value is -0.910. The second kappa shape index (κ2) is 5.84. The Kier molecular flexibility index (Phi) is 4.10. The molecule has 0 aliphatic carbocycles. The van der Waals surface area contributed by atoms with Crippen LogP contribution in [0.4, 0.5) is 0 Å². The van der Waals surface area contributed by atoms with Crippen LogP contribution < -0.4 is 0 Å². The molecule has 2 fully saturated rings. The standard InChI is InChI=1S/C15H24N2O3/c1-2-17-11-16-10-13(17)14(18)12-3-6-20-15(9-12)4-7-19-8-5-15/h10-12,14,18H,2-9H2,1H3. The van der Waals surface area contributed by atoms with E-state index >= 15 is 0 Å². The molecule has 0 radical (unpaired) electrons. The minimum absolute atomic E-state index is 0.0702. The van der Waals surface area contributed by atoms with Crippen molar-refractivity contribution in [1.82, 2.24) is 9.55 Å². The smallest absolute Gasteiger partial charge is 0.0985 e. The van der Waals surface area contributed by atoms with Crippen molar-refractivity contribution in [2.45, 2.75) is 50.9 Å². The third kappa shape index (κ3) is 2.62. The van der Waals surface area contributed by atoms with Crippen molar-refractivity contribution in [2.75, 3.05) is 19.8 Å². The molecule has 3 heterocycles. The zero-order valence-corrected chi connectivity index (χ0v) is 12.1. The molecule has 1 aromatic heterocycles. The maximum atomic E-state index is 10.7. The van der Waals surface area contributed by atoms with Gasteiger partial charge in [-0.25, -0.2) is 4.98 Å². The Labute approximate surface area is 119 Å². The minimum Gasteiger partial charge on any atom is -0.387 e. The first kappa shape index (κ1) is 14.0. The molecular formula is C15H24N2O3. The van der Waals surface area contributed by atoms with Crippen LogP contribution >= 0.6 is 0 Å². The van der Waals surface area contributed by atoms with Gasteiger partial charge in [0.05, 0.1) is 29.9 Å². The number of aliphatic hydroxyl groups excluding tert-OH is 1. The summed E-state index contributed by atoms with van der Waals surface area (Å²) >= 11 is 0. The summed E-state index contributed by atoms with van der Waals surface area (Å²) in [4.78, 5) is 4.16. The van der Waals surface area contributed by atoms with Crippen molar-refractivity contribution in [3.63, 3.8) is 0 Å². The van der Waals surface area contributed by atoms with Crippen molar-refractivity contribution < 1.29 is 14.6 Å². The third-order valence-electron chi connectivity index (χ3n) is 4.77. The van der Waals surface area contributed by atoms with E-state index in [4.69, 9.17) is 9.47 Å². The van der Waals surface area contributed by atoms with Gasteiger partial charge in [-0.15, -0.1) is 0 Å². The summed E-state index contributed by atoms with van der Waals surface area (Å²) in [6, 6.07) is 0. The van der Waals surface area contributed by atoms with E-state index in [2.05, 4.69) is 11.9 Å². The number of nitrogens with zero attached hydrogens (tertiary/aromatic N) is 2. The summed E-state index contributed by atoms with van der Waals surface area (Å²) in [6.07, 6.45) is 6.88. The van der Waals surface area contributed by atoms with E-state index in [1.165, 1.54) is 0 Å².